The molecule has 11 atom stereocenters. The van der Waals surface area contributed by atoms with E-state index >= 15 is 0 Å². The maximum Gasteiger partial charge on any atom is 0.306 e. The Morgan fingerprint density at radius 2 is 0.966 bits per heavy atom. The first-order valence-electron chi connectivity index (χ1n) is 22.8. The first kappa shape index (κ1) is 53.4. The second kappa shape index (κ2) is 32.9. The summed E-state index contributed by atoms with van der Waals surface area (Å²) in [4.78, 5) is 25.3. The minimum atomic E-state index is -1.76. The van der Waals surface area contributed by atoms with Crippen LogP contribution < -0.4 is 0 Å². The van der Waals surface area contributed by atoms with Crippen LogP contribution in [-0.2, 0) is 38.0 Å². The third kappa shape index (κ3) is 22.2. The minimum absolute atomic E-state index is 0.165. The molecule has 0 aromatic rings. The van der Waals surface area contributed by atoms with Crippen LogP contribution in [0.3, 0.4) is 0 Å². The molecule has 346 valence electrons. The Morgan fingerprint density at radius 3 is 1.51 bits per heavy atom. The molecule has 2 heterocycles. The molecule has 15 heteroatoms. The van der Waals surface area contributed by atoms with Gasteiger partial charge in [-0.05, 0) is 38.5 Å². The summed E-state index contributed by atoms with van der Waals surface area (Å²) in [6, 6.07) is 0. The molecule has 15 nitrogen and oxygen atoms in total. The van der Waals surface area contributed by atoms with Crippen molar-refractivity contribution in [3.8, 4) is 0 Å². The quantitative estimate of drug-likeness (QED) is 0.0266. The van der Waals surface area contributed by atoms with E-state index in [0.29, 0.717) is 12.8 Å². The van der Waals surface area contributed by atoms with Gasteiger partial charge in [0.05, 0.1) is 19.8 Å². The molecule has 11 unspecified atom stereocenters. The highest BCUT2D eigenvalue weighted by atomic mass is 16.7. The van der Waals surface area contributed by atoms with Crippen LogP contribution in [0.1, 0.15) is 162 Å². The van der Waals surface area contributed by atoms with Crippen LogP contribution in [0, 0.1) is 0 Å². The number of hydrogen-bond donors (Lipinski definition) is 7. The summed E-state index contributed by atoms with van der Waals surface area (Å²) in [5.74, 6) is -0.944. The number of rotatable bonds is 34. The van der Waals surface area contributed by atoms with Gasteiger partial charge in [0.1, 0.15) is 55.4 Å². The first-order valence-corrected chi connectivity index (χ1v) is 22.8. The van der Waals surface area contributed by atoms with Gasteiger partial charge >= 0.3 is 11.9 Å². The largest absolute Gasteiger partial charge is 0.462 e. The molecule has 59 heavy (non-hydrogen) atoms. The highest BCUT2D eigenvalue weighted by Gasteiger charge is 2.47. The molecule has 7 N–H and O–H groups in total. The molecule has 0 amide bonds. The van der Waals surface area contributed by atoms with Crippen molar-refractivity contribution in [3.63, 3.8) is 0 Å². The minimum Gasteiger partial charge on any atom is -0.462 e. The van der Waals surface area contributed by atoms with Crippen molar-refractivity contribution in [1.29, 1.82) is 0 Å². The lowest BCUT2D eigenvalue weighted by molar-refractivity contribution is -0.332. The van der Waals surface area contributed by atoms with E-state index in [4.69, 9.17) is 28.4 Å². The molecule has 0 aliphatic carbocycles. The smallest absolute Gasteiger partial charge is 0.306 e. The number of aliphatic hydroxyl groups excluding tert-OH is 7. The number of esters is 2. The normalized spacial score (nSPS) is 27.9. The van der Waals surface area contributed by atoms with E-state index in [1.165, 1.54) is 77.0 Å². The number of aliphatic hydroxyl groups is 7. The van der Waals surface area contributed by atoms with Crippen LogP contribution in [0.2, 0.25) is 0 Å². The van der Waals surface area contributed by atoms with E-state index in [-0.39, 0.29) is 26.1 Å². The SMILES string of the molecule is CCCCCCCC/C=C\CCCCCCCCCCCC(=O)OC(COC(=O)CCCCCC)COC1OC(COC2OC(CO)C(O)C(O)C2O)C(O)C(O)C1O. The molecule has 0 aromatic carbocycles. The predicted molar refractivity (Wildman–Crippen MR) is 220 cm³/mol. The highest BCUT2D eigenvalue weighted by molar-refractivity contribution is 5.70. The summed E-state index contributed by atoms with van der Waals surface area (Å²) in [5.41, 5.74) is 0. The molecule has 0 spiro atoms. The second-order valence-corrected chi connectivity index (χ2v) is 16.2. The fourth-order valence-corrected chi connectivity index (χ4v) is 7.15. The van der Waals surface area contributed by atoms with Gasteiger partial charge in [0, 0.05) is 12.8 Å². The van der Waals surface area contributed by atoms with Crippen LogP contribution in [0.4, 0.5) is 0 Å². The molecule has 2 saturated heterocycles. The Bertz CT molecular complexity index is 1090. The number of hydrogen-bond acceptors (Lipinski definition) is 15. The van der Waals surface area contributed by atoms with Gasteiger partial charge < -0.3 is 64.2 Å². The van der Waals surface area contributed by atoms with Gasteiger partial charge in [-0.2, -0.15) is 0 Å². The van der Waals surface area contributed by atoms with Crippen molar-refractivity contribution in [1.82, 2.24) is 0 Å². The van der Waals surface area contributed by atoms with Gasteiger partial charge in [-0.25, -0.2) is 0 Å². The zero-order valence-electron chi connectivity index (χ0n) is 36.0. The Kier molecular flexibility index (Phi) is 29.8. The Morgan fingerprint density at radius 1 is 0.525 bits per heavy atom. The molecule has 0 aromatic heterocycles. The number of ether oxygens (including phenoxy) is 6. The van der Waals surface area contributed by atoms with E-state index in [9.17, 15) is 45.3 Å². The standard InChI is InChI=1S/C44H80O15/c1-3-5-7-9-10-11-12-13-14-15-16-17-18-19-20-21-22-23-25-27-36(47)57-32(29-54-35(46)26-24-8-6-4-2)30-55-43-42(53)40(51)38(49)34(59-43)31-56-44-41(52)39(50)37(48)33(28-45)58-44/h13-14,32-34,37-45,48-53H,3-12,15-31H2,1-2H3/b14-13-. The summed E-state index contributed by atoms with van der Waals surface area (Å²) in [6.45, 7) is 2.43. The number of carbonyl (C=O) groups is 2. The molecule has 0 saturated carbocycles. The van der Waals surface area contributed by atoms with Gasteiger partial charge in [-0.15, -0.1) is 0 Å². The molecule has 2 rings (SSSR count). The van der Waals surface area contributed by atoms with Crippen molar-refractivity contribution < 1.29 is 73.8 Å². The molecule has 2 fully saturated rings. The zero-order chi connectivity index (χ0) is 43.3. The molecular formula is C44H80O15. The van der Waals surface area contributed by atoms with Gasteiger partial charge in [-0.1, -0.05) is 122 Å². The average Bonchev–Trinajstić information content (AvgIpc) is 3.23. The Balaban J connectivity index is 1.75. The molecule has 0 radical (unpaired) electrons. The molecular weight excluding hydrogens is 768 g/mol. The van der Waals surface area contributed by atoms with Gasteiger partial charge in [0.2, 0.25) is 0 Å². The van der Waals surface area contributed by atoms with Gasteiger partial charge in [0.15, 0.2) is 18.7 Å². The van der Waals surface area contributed by atoms with Crippen LogP contribution >= 0.6 is 0 Å². The van der Waals surface area contributed by atoms with Crippen molar-refractivity contribution in [2.75, 3.05) is 26.4 Å². The van der Waals surface area contributed by atoms with E-state index in [2.05, 4.69) is 26.0 Å². The van der Waals surface area contributed by atoms with Crippen molar-refractivity contribution in [2.24, 2.45) is 0 Å². The van der Waals surface area contributed by atoms with E-state index in [1.54, 1.807) is 0 Å². The molecule has 0 bridgehead atoms. The van der Waals surface area contributed by atoms with Gasteiger partial charge in [-0.3, -0.25) is 9.59 Å². The van der Waals surface area contributed by atoms with E-state index in [0.717, 1.165) is 44.9 Å². The summed E-state index contributed by atoms with van der Waals surface area (Å²) in [7, 11) is 0. The second-order valence-electron chi connectivity index (χ2n) is 16.2. The topological polar surface area (TPSA) is 231 Å². The van der Waals surface area contributed by atoms with E-state index in [1.807, 2.05) is 0 Å². The van der Waals surface area contributed by atoms with E-state index < -0.39 is 92.7 Å². The third-order valence-electron chi connectivity index (χ3n) is 11.0. The fraction of sp³-hybridized carbons (Fsp3) is 0.909. The number of unbranched alkanes of at least 4 members (excludes halogenated alkanes) is 18. The predicted octanol–water partition coefficient (Wildman–Crippen LogP) is 4.65. The van der Waals surface area contributed by atoms with Crippen LogP contribution in [0.5, 0.6) is 0 Å². The summed E-state index contributed by atoms with van der Waals surface area (Å²) < 4.78 is 33.2. The summed E-state index contributed by atoms with van der Waals surface area (Å²) >= 11 is 0. The molecule has 2 aliphatic rings. The fourth-order valence-electron chi connectivity index (χ4n) is 7.15. The van der Waals surface area contributed by atoms with Crippen molar-refractivity contribution in [3.05, 3.63) is 12.2 Å². The molecule has 2 aliphatic heterocycles. The lowest BCUT2D eigenvalue weighted by Gasteiger charge is -2.42. The highest BCUT2D eigenvalue weighted by Crippen LogP contribution is 2.26. The van der Waals surface area contributed by atoms with Gasteiger partial charge in [0.25, 0.3) is 0 Å². The lowest BCUT2D eigenvalue weighted by Crippen LogP contribution is -2.61. The van der Waals surface area contributed by atoms with Crippen molar-refractivity contribution in [2.45, 2.75) is 229 Å². The third-order valence-corrected chi connectivity index (χ3v) is 11.0. The maximum absolute atomic E-state index is 12.9. The van der Waals surface area contributed by atoms with Crippen LogP contribution in [0.15, 0.2) is 12.2 Å². The monoisotopic (exact) mass is 849 g/mol. The average molecular weight is 849 g/mol. The lowest BCUT2D eigenvalue weighted by atomic mass is 9.98. The Hall–Kier alpha value is -1.76. The zero-order valence-corrected chi connectivity index (χ0v) is 36.0. The Labute approximate surface area is 352 Å². The summed E-state index contributed by atoms with van der Waals surface area (Å²) in [6.07, 6.45) is 11.9. The van der Waals surface area contributed by atoms with Crippen LogP contribution in [0.25, 0.3) is 0 Å². The van der Waals surface area contributed by atoms with Crippen LogP contribution in [-0.4, -0.2) is 142 Å². The van der Waals surface area contributed by atoms with Crippen molar-refractivity contribution >= 4 is 11.9 Å². The summed E-state index contributed by atoms with van der Waals surface area (Å²) in [5, 5.41) is 71.6. The number of allylic oxidation sites excluding steroid dienone is 2. The number of carbonyl (C=O) groups excluding carboxylic acids is 2. The maximum atomic E-state index is 12.9. The first-order chi connectivity index (χ1) is 28.5.